The number of nitrogens with one attached hydrogen (secondary N) is 1. The van der Waals surface area contributed by atoms with Crippen LogP contribution in [0.3, 0.4) is 0 Å². The second-order valence-electron chi connectivity index (χ2n) is 8.20. The topological polar surface area (TPSA) is 91.7 Å². The molecule has 0 aliphatic carbocycles. The van der Waals surface area contributed by atoms with Crippen molar-refractivity contribution < 1.29 is 19.0 Å². The summed E-state index contributed by atoms with van der Waals surface area (Å²) in [6.07, 6.45) is 2.98. The largest absolute Gasteiger partial charge is 0.493 e. The van der Waals surface area contributed by atoms with Gasteiger partial charge in [-0.1, -0.05) is 42.5 Å². The molecule has 1 heterocycles. The van der Waals surface area contributed by atoms with Gasteiger partial charge in [-0.05, 0) is 30.2 Å². The first-order valence-electron chi connectivity index (χ1n) is 11.8. The number of anilines is 1. The number of amides is 1. The highest BCUT2D eigenvalue weighted by atomic mass is 16.5. The van der Waals surface area contributed by atoms with Gasteiger partial charge in [-0.3, -0.25) is 14.2 Å². The summed E-state index contributed by atoms with van der Waals surface area (Å²) in [4.78, 5) is 29.9. The highest BCUT2D eigenvalue weighted by Crippen LogP contribution is 2.30. The third kappa shape index (κ3) is 6.02. The Hall–Kier alpha value is -4.33. The predicted molar refractivity (Wildman–Crippen MR) is 139 cm³/mol. The van der Waals surface area contributed by atoms with Gasteiger partial charge in [-0.25, -0.2) is 4.98 Å². The summed E-state index contributed by atoms with van der Waals surface area (Å²) in [6.45, 7) is 0.865. The van der Waals surface area contributed by atoms with E-state index in [1.165, 1.54) is 30.7 Å². The standard InChI is InChI=1S/C28H29N3O5/c1-34-25-17-21-23(18-26(25)35-2)29-19-31(28(21)33)15-8-13-27(32)30-22-11-6-7-12-24(22)36-16-14-20-9-4-3-5-10-20/h3-7,9-12,17-19H,8,13-16H2,1-2H3,(H,30,32). The first kappa shape index (κ1) is 24.8. The number of aryl methyl sites for hydroxylation is 1. The summed E-state index contributed by atoms with van der Waals surface area (Å²) >= 11 is 0. The van der Waals surface area contributed by atoms with E-state index in [0.29, 0.717) is 53.4 Å². The quantitative estimate of drug-likeness (QED) is 0.336. The number of carbonyl (C=O) groups is 1. The van der Waals surface area contributed by atoms with E-state index >= 15 is 0 Å². The maximum atomic E-state index is 12.9. The Morgan fingerprint density at radius 2 is 1.67 bits per heavy atom. The zero-order chi connectivity index (χ0) is 25.3. The van der Waals surface area contributed by atoms with Crippen LogP contribution in [0.4, 0.5) is 5.69 Å². The van der Waals surface area contributed by atoms with Gasteiger partial charge in [0.05, 0.1) is 43.7 Å². The number of rotatable bonds is 11. The Kier molecular flexibility index (Phi) is 8.18. The predicted octanol–water partition coefficient (Wildman–Crippen LogP) is 4.45. The molecule has 0 saturated heterocycles. The molecule has 8 heteroatoms. The van der Waals surface area contributed by atoms with Crippen molar-refractivity contribution in [2.45, 2.75) is 25.8 Å². The molecule has 1 aromatic heterocycles. The molecule has 0 unspecified atom stereocenters. The summed E-state index contributed by atoms with van der Waals surface area (Å²) in [5, 5.41) is 3.35. The van der Waals surface area contributed by atoms with Crippen molar-refractivity contribution in [3.63, 3.8) is 0 Å². The monoisotopic (exact) mass is 487 g/mol. The van der Waals surface area contributed by atoms with E-state index in [-0.39, 0.29) is 17.9 Å². The van der Waals surface area contributed by atoms with Gasteiger partial charge >= 0.3 is 0 Å². The molecular weight excluding hydrogens is 458 g/mol. The third-order valence-electron chi connectivity index (χ3n) is 5.78. The normalized spacial score (nSPS) is 10.7. The molecule has 0 atom stereocenters. The highest BCUT2D eigenvalue weighted by molar-refractivity contribution is 5.92. The number of carbonyl (C=O) groups excluding carboxylic acids is 1. The van der Waals surface area contributed by atoms with E-state index in [1.54, 1.807) is 12.1 Å². The number of methoxy groups -OCH3 is 2. The molecule has 36 heavy (non-hydrogen) atoms. The molecule has 186 valence electrons. The lowest BCUT2D eigenvalue weighted by molar-refractivity contribution is -0.116. The summed E-state index contributed by atoms with van der Waals surface area (Å²) in [6, 6.07) is 20.8. The van der Waals surface area contributed by atoms with Crippen LogP contribution in [0.5, 0.6) is 17.2 Å². The van der Waals surface area contributed by atoms with Crippen molar-refractivity contribution in [2.24, 2.45) is 0 Å². The van der Waals surface area contributed by atoms with E-state index in [4.69, 9.17) is 14.2 Å². The number of aromatic nitrogens is 2. The van der Waals surface area contributed by atoms with E-state index in [0.717, 1.165) is 6.42 Å². The molecule has 8 nitrogen and oxygen atoms in total. The molecule has 1 amide bonds. The van der Waals surface area contributed by atoms with Gasteiger partial charge < -0.3 is 19.5 Å². The van der Waals surface area contributed by atoms with Crippen LogP contribution in [0.1, 0.15) is 18.4 Å². The lowest BCUT2D eigenvalue weighted by Crippen LogP contribution is -2.22. The number of hydrogen-bond donors (Lipinski definition) is 1. The molecule has 4 aromatic rings. The van der Waals surface area contributed by atoms with E-state index in [9.17, 15) is 9.59 Å². The van der Waals surface area contributed by atoms with E-state index < -0.39 is 0 Å². The van der Waals surface area contributed by atoms with Gasteiger partial charge in [0.1, 0.15) is 5.75 Å². The SMILES string of the molecule is COc1cc2ncn(CCCC(=O)Nc3ccccc3OCCc3ccccc3)c(=O)c2cc1OC. The summed E-state index contributed by atoms with van der Waals surface area (Å²) < 4.78 is 18.0. The molecule has 0 aliphatic heterocycles. The molecular formula is C28H29N3O5. The van der Waals surface area contributed by atoms with Crippen LogP contribution < -0.4 is 25.1 Å². The Bertz CT molecular complexity index is 1390. The Morgan fingerprint density at radius 3 is 2.44 bits per heavy atom. The van der Waals surface area contributed by atoms with Crippen LogP contribution in [-0.4, -0.2) is 36.3 Å². The average Bonchev–Trinajstić information content (AvgIpc) is 2.91. The Balaban J connectivity index is 1.33. The van der Waals surface area contributed by atoms with Gasteiger partial charge in [-0.2, -0.15) is 0 Å². The minimum Gasteiger partial charge on any atom is -0.493 e. The summed E-state index contributed by atoms with van der Waals surface area (Å²) in [5.74, 6) is 1.45. The lowest BCUT2D eigenvalue weighted by Gasteiger charge is -2.13. The zero-order valence-corrected chi connectivity index (χ0v) is 20.4. The molecule has 0 aliphatic rings. The fraction of sp³-hybridized carbons (Fsp3) is 0.250. The van der Waals surface area contributed by atoms with Crippen molar-refractivity contribution >= 4 is 22.5 Å². The van der Waals surface area contributed by atoms with Gasteiger partial charge in [0.2, 0.25) is 5.91 Å². The maximum absolute atomic E-state index is 12.9. The van der Waals surface area contributed by atoms with Crippen molar-refractivity contribution in [2.75, 3.05) is 26.1 Å². The zero-order valence-electron chi connectivity index (χ0n) is 20.4. The van der Waals surface area contributed by atoms with Crippen LogP contribution in [0.25, 0.3) is 10.9 Å². The molecule has 0 fully saturated rings. The van der Waals surface area contributed by atoms with Gasteiger partial charge in [0.15, 0.2) is 11.5 Å². The van der Waals surface area contributed by atoms with E-state index in [1.807, 2.05) is 42.5 Å². The van der Waals surface area contributed by atoms with Crippen LogP contribution in [0, 0.1) is 0 Å². The average molecular weight is 488 g/mol. The molecule has 4 rings (SSSR count). The second kappa shape index (κ2) is 11.9. The van der Waals surface area contributed by atoms with Crippen molar-refractivity contribution in [1.29, 1.82) is 0 Å². The number of ether oxygens (including phenoxy) is 3. The smallest absolute Gasteiger partial charge is 0.261 e. The molecule has 1 N–H and O–H groups in total. The fourth-order valence-corrected chi connectivity index (χ4v) is 3.89. The minimum atomic E-state index is -0.196. The number of para-hydroxylation sites is 2. The fourth-order valence-electron chi connectivity index (χ4n) is 3.89. The maximum Gasteiger partial charge on any atom is 0.261 e. The lowest BCUT2D eigenvalue weighted by atomic mass is 10.2. The Labute approximate surface area is 209 Å². The van der Waals surface area contributed by atoms with Gasteiger partial charge in [0, 0.05) is 25.5 Å². The highest BCUT2D eigenvalue weighted by Gasteiger charge is 2.12. The summed E-state index contributed by atoms with van der Waals surface area (Å²) in [7, 11) is 3.05. The number of fused-ring (bicyclic) bond motifs is 1. The summed E-state index contributed by atoms with van der Waals surface area (Å²) in [5.41, 5.74) is 2.14. The van der Waals surface area contributed by atoms with Gasteiger partial charge in [-0.15, -0.1) is 0 Å². The first-order valence-corrected chi connectivity index (χ1v) is 11.8. The van der Waals surface area contributed by atoms with Gasteiger partial charge in [0.25, 0.3) is 5.56 Å². The Morgan fingerprint density at radius 1 is 0.944 bits per heavy atom. The molecule has 0 radical (unpaired) electrons. The second-order valence-corrected chi connectivity index (χ2v) is 8.20. The van der Waals surface area contributed by atoms with Crippen molar-refractivity contribution in [3.8, 4) is 17.2 Å². The number of nitrogens with zero attached hydrogens (tertiary/aromatic N) is 2. The molecule has 0 bridgehead atoms. The molecule has 3 aromatic carbocycles. The van der Waals surface area contributed by atoms with Crippen LogP contribution in [0.15, 0.2) is 77.9 Å². The minimum absolute atomic E-state index is 0.151. The van der Waals surface area contributed by atoms with E-state index in [2.05, 4.69) is 22.4 Å². The van der Waals surface area contributed by atoms with Crippen LogP contribution >= 0.6 is 0 Å². The van der Waals surface area contributed by atoms with Crippen molar-refractivity contribution in [1.82, 2.24) is 9.55 Å². The third-order valence-corrected chi connectivity index (χ3v) is 5.78. The molecule has 0 saturated carbocycles. The first-order chi connectivity index (χ1) is 17.6. The van der Waals surface area contributed by atoms with Crippen LogP contribution in [0.2, 0.25) is 0 Å². The van der Waals surface area contributed by atoms with Crippen LogP contribution in [-0.2, 0) is 17.8 Å². The van der Waals surface area contributed by atoms with Crippen molar-refractivity contribution in [3.05, 3.63) is 89.0 Å². The molecule has 0 spiro atoms. The number of benzene rings is 3. The number of hydrogen-bond acceptors (Lipinski definition) is 6.